The van der Waals surface area contributed by atoms with Gasteiger partial charge in [-0.3, -0.25) is 10.1 Å². The van der Waals surface area contributed by atoms with Gasteiger partial charge in [0.1, 0.15) is 0 Å². The first-order chi connectivity index (χ1) is 7.29. The zero-order valence-corrected chi connectivity index (χ0v) is 10.1. The number of rotatable bonds is 4. The molecule has 7 heteroatoms. The van der Waals surface area contributed by atoms with Gasteiger partial charge >= 0.3 is 0 Å². The highest BCUT2D eigenvalue weighted by atomic mass is 35.7. The molecule has 1 aromatic rings. The number of nitro groups is 1. The Balaban J connectivity index is 3.01. The van der Waals surface area contributed by atoms with Crippen molar-refractivity contribution in [3.8, 4) is 0 Å². The smallest absolute Gasteiger partial charge is 0.258 e. The quantitative estimate of drug-likeness (QED) is 0.473. The molecule has 0 radical (unpaired) electrons. The molecule has 0 fully saturated rings. The van der Waals surface area contributed by atoms with Crippen molar-refractivity contribution in [3.63, 3.8) is 0 Å². The van der Waals surface area contributed by atoms with E-state index in [9.17, 15) is 18.5 Å². The molecular weight excluding hydrogens is 254 g/mol. The van der Waals surface area contributed by atoms with Gasteiger partial charge in [0, 0.05) is 22.3 Å². The summed E-state index contributed by atoms with van der Waals surface area (Å²) < 4.78 is 21.5. The van der Waals surface area contributed by atoms with Crippen molar-refractivity contribution in [3.05, 3.63) is 39.4 Å². The zero-order valence-electron chi connectivity index (χ0n) is 8.51. The molecule has 0 amide bonds. The Morgan fingerprint density at radius 1 is 1.44 bits per heavy atom. The molecule has 16 heavy (non-hydrogen) atoms. The van der Waals surface area contributed by atoms with Crippen molar-refractivity contribution >= 4 is 25.4 Å². The molecule has 0 saturated carbocycles. The fourth-order valence-corrected chi connectivity index (χ4v) is 2.02. The largest absolute Gasteiger partial charge is 0.272 e. The highest BCUT2D eigenvalue weighted by Crippen LogP contribution is 2.21. The fourth-order valence-electron chi connectivity index (χ4n) is 1.32. The van der Waals surface area contributed by atoms with Gasteiger partial charge < -0.3 is 0 Å². The summed E-state index contributed by atoms with van der Waals surface area (Å²) in [6.45, 7) is 1.78. The molecule has 0 unspecified atom stereocenters. The highest BCUT2D eigenvalue weighted by Gasteiger charge is 2.15. The van der Waals surface area contributed by atoms with Crippen LogP contribution < -0.4 is 0 Å². The number of hydrogen-bond acceptors (Lipinski definition) is 4. The fraction of sp³-hybridized carbons (Fsp3) is 0.333. The molecule has 0 aliphatic rings. The van der Waals surface area contributed by atoms with Crippen LogP contribution in [0.3, 0.4) is 0 Å². The van der Waals surface area contributed by atoms with Crippen LogP contribution in [0.15, 0.2) is 18.2 Å². The van der Waals surface area contributed by atoms with Gasteiger partial charge in [0.05, 0.1) is 10.7 Å². The summed E-state index contributed by atoms with van der Waals surface area (Å²) in [5.74, 6) is -0.307. The molecule has 1 aromatic carbocycles. The Morgan fingerprint density at radius 2 is 2.06 bits per heavy atom. The van der Waals surface area contributed by atoms with Crippen LogP contribution >= 0.6 is 10.7 Å². The maximum absolute atomic E-state index is 10.8. The standard InChI is InChI=1S/C9H10ClNO4S/c1-7-2-3-9(11(12)13)8(6-7)4-5-16(10,14)15/h2-3,6H,4-5H2,1H3. The lowest BCUT2D eigenvalue weighted by Crippen LogP contribution is -2.04. The first-order valence-electron chi connectivity index (χ1n) is 4.46. The lowest BCUT2D eigenvalue weighted by Gasteiger charge is -2.02. The predicted octanol–water partition coefficient (Wildman–Crippen LogP) is 2.01. The molecule has 0 aliphatic heterocycles. The lowest BCUT2D eigenvalue weighted by atomic mass is 10.1. The molecule has 0 aliphatic carbocycles. The van der Waals surface area contributed by atoms with Crippen LogP contribution in [0.1, 0.15) is 11.1 Å². The Kier molecular flexibility index (Phi) is 3.88. The second kappa shape index (κ2) is 4.80. The van der Waals surface area contributed by atoms with Crippen molar-refractivity contribution in [1.82, 2.24) is 0 Å². The van der Waals surface area contributed by atoms with Gasteiger partial charge in [-0.05, 0) is 19.4 Å². The summed E-state index contributed by atoms with van der Waals surface area (Å²) in [6, 6.07) is 4.57. The van der Waals surface area contributed by atoms with E-state index in [1.165, 1.54) is 6.07 Å². The maximum atomic E-state index is 10.8. The van der Waals surface area contributed by atoms with Crippen LogP contribution in [-0.2, 0) is 15.5 Å². The van der Waals surface area contributed by atoms with Crippen molar-refractivity contribution in [1.29, 1.82) is 0 Å². The van der Waals surface area contributed by atoms with Crippen molar-refractivity contribution < 1.29 is 13.3 Å². The minimum Gasteiger partial charge on any atom is -0.258 e. The number of aryl methyl sites for hydroxylation is 2. The third-order valence-corrected chi connectivity index (χ3v) is 3.20. The van der Waals surface area contributed by atoms with Gasteiger partial charge in [0.2, 0.25) is 9.05 Å². The van der Waals surface area contributed by atoms with Gasteiger partial charge in [-0.15, -0.1) is 0 Å². The molecule has 5 nitrogen and oxygen atoms in total. The van der Waals surface area contributed by atoms with E-state index in [4.69, 9.17) is 10.7 Å². The SMILES string of the molecule is Cc1ccc([N+](=O)[O-])c(CCS(=O)(=O)Cl)c1. The third-order valence-electron chi connectivity index (χ3n) is 2.05. The second-order valence-corrected chi connectivity index (χ2v) is 6.28. The maximum Gasteiger partial charge on any atom is 0.272 e. The van der Waals surface area contributed by atoms with Crippen molar-refractivity contribution in [2.45, 2.75) is 13.3 Å². The van der Waals surface area contributed by atoms with Crippen LogP contribution in [0, 0.1) is 17.0 Å². The minimum absolute atomic E-state index is 0.0455. The van der Waals surface area contributed by atoms with E-state index < -0.39 is 14.0 Å². The molecule has 0 spiro atoms. The minimum atomic E-state index is -3.63. The highest BCUT2D eigenvalue weighted by molar-refractivity contribution is 8.13. The van der Waals surface area contributed by atoms with E-state index in [1.807, 2.05) is 0 Å². The van der Waals surface area contributed by atoms with Gasteiger partial charge in [-0.2, -0.15) is 0 Å². The molecule has 0 bridgehead atoms. The van der Waals surface area contributed by atoms with E-state index >= 15 is 0 Å². The first kappa shape index (κ1) is 12.9. The van der Waals surface area contributed by atoms with E-state index in [0.717, 1.165) is 5.56 Å². The number of benzene rings is 1. The Hall–Kier alpha value is -1.14. The molecule has 0 saturated heterocycles. The summed E-state index contributed by atoms with van der Waals surface area (Å²) in [5.41, 5.74) is 1.15. The van der Waals surface area contributed by atoms with Crippen LogP contribution in [0.2, 0.25) is 0 Å². The van der Waals surface area contributed by atoms with Crippen molar-refractivity contribution in [2.75, 3.05) is 5.75 Å². The summed E-state index contributed by atoms with van der Waals surface area (Å²) in [6.07, 6.45) is 0.0455. The Labute approximate surface area is 97.6 Å². The van der Waals surface area contributed by atoms with Crippen LogP contribution in [-0.4, -0.2) is 19.1 Å². The summed E-state index contributed by atoms with van der Waals surface area (Å²) in [7, 11) is 1.43. The Morgan fingerprint density at radius 3 is 2.56 bits per heavy atom. The average molecular weight is 264 g/mol. The molecule has 1 rings (SSSR count). The average Bonchev–Trinajstić information content (AvgIpc) is 2.13. The molecule has 0 N–H and O–H groups in total. The molecule has 0 atom stereocenters. The first-order valence-corrected chi connectivity index (χ1v) is 6.94. The Bertz CT molecular complexity index is 512. The summed E-state index contributed by atoms with van der Waals surface area (Å²) >= 11 is 0. The number of halogens is 1. The van der Waals surface area contributed by atoms with E-state index in [0.29, 0.717) is 5.56 Å². The molecular formula is C9H10ClNO4S. The molecule has 0 heterocycles. The van der Waals surface area contributed by atoms with Crippen LogP contribution in [0.5, 0.6) is 0 Å². The van der Waals surface area contributed by atoms with E-state index in [-0.39, 0.29) is 17.9 Å². The van der Waals surface area contributed by atoms with Crippen LogP contribution in [0.25, 0.3) is 0 Å². The van der Waals surface area contributed by atoms with Gasteiger partial charge in [-0.25, -0.2) is 8.42 Å². The normalized spacial score (nSPS) is 11.4. The van der Waals surface area contributed by atoms with Gasteiger partial charge in [-0.1, -0.05) is 11.6 Å². The lowest BCUT2D eigenvalue weighted by molar-refractivity contribution is -0.385. The summed E-state index contributed by atoms with van der Waals surface area (Å²) in [4.78, 5) is 10.1. The van der Waals surface area contributed by atoms with E-state index in [2.05, 4.69) is 0 Å². The second-order valence-electron chi connectivity index (χ2n) is 3.38. The van der Waals surface area contributed by atoms with E-state index in [1.54, 1.807) is 19.1 Å². The number of nitro benzene ring substituents is 1. The predicted molar refractivity (Wildman–Crippen MR) is 61.2 cm³/mol. The third kappa shape index (κ3) is 3.79. The van der Waals surface area contributed by atoms with Gasteiger partial charge in [0.25, 0.3) is 5.69 Å². The van der Waals surface area contributed by atoms with Crippen molar-refractivity contribution in [2.24, 2.45) is 0 Å². The van der Waals surface area contributed by atoms with Gasteiger partial charge in [0.15, 0.2) is 0 Å². The summed E-state index contributed by atoms with van der Waals surface area (Å²) in [5, 5.41) is 10.7. The zero-order chi connectivity index (χ0) is 12.3. The van der Waals surface area contributed by atoms with Crippen LogP contribution in [0.4, 0.5) is 5.69 Å². The monoisotopic (exact) mass is 263 g/mol. The number of nitrogens with zero attached hydrogens (tertiary/aromatic N) is 1. The molecule has 88 valence electrons. The topological polar surface area (TPSA) is 77.3 Å². The number of hydrogen-bond donors (Lipinski definition) is 0. The molecule has 0 aromatic heterocycles.